The molecule has 19 heavy (non-hydrogen) atoms. The molecule has 0 aromatic heterocycles. The van der Waals surface area contributed by atoms with Gasteiger partial charge >= 0.3 is 0 Å². The highest BCUT2D eigenvalue weighted by atomic mass is 35.5. The number of phenols is 1. The predicted molar refractivity (Wildman–Crippen MR) is 78.0 cm³/mol. The van der Waals surface area contributed by atoms with Crippen LogP contribution in [-0.2, 0) is 6.54 Å². The second kappa shape index (κ2) is 6.02. The van der Waals surface area contributed by atoms with E-state index < -0.39 is 0 Å². The van der Waals surface area contributed by atoms with Crippen molar-refractivity contribution in [3.05, 3.63) is 22.7 Å². The van der Waals surface area contributed by atoms with E-state index in [4.69, 9.17) is 16.3 Å². The highest BCUT2D eigenvalue weighted by Gasteiger charge is 2.27. The van der Waals surface area contributed by atoms with E-state index in [2.05, 4.69) is 12.2 Å². The smallest absolute Gasteiger partial charge is 0.162 e. The molecule has 2 rings (SSSR count). The fourth-order valence-electron chi connectivity index (χ4n) is 2.82. The van der Waals surface area contributed by atoms with Gasteiger partial charge in [0.15, 0.2) is 11.5 Å². The van der Waals surface area contributed by atoms with Crippen LogP contribution < -0.4 is 10.1 Å². The third kappa shape index (κ3) is 3.54. The number of nitrogens with one attached hydrogen (secondary N) is 1. The number of hydrogen-bond donors (Lipinski definition) is 2. The molecule has 0 aliphatic heterocycles. The first-order chi connectivity index (χ1) is 9.04. The van der Waals surface area contributed by atoms with E-state index in [0.29, 0.717) is 22.7 Å². The van der Waals surface area contributed by atoms with Crippen LogP contribution in [-0.4, -0.2) is 18.8 Å². The molecule has 4 heteroatoms. The van der Waals surface area contributed by atoms with Gasteiger partial charge in [-0.1, -0.05) is 31.4 Å². The van der Waals surface area contributed by atoms with Gasteiger partial charge in [-0.2, -0.15) is 0 Å². The molecule has 0 amide bonds. The number of hydrogen-bond acceptors (Lipinski definition) is 3. The van der Waals surface area contributed by atoms with Crippen molar-refractivity contribution in [3.63, 3.8) is 0 Å². The van der Waals surface area contributed by atoms with Gasteiger partial charge in [0.05, 0.1) is 7.11 Å². The van der Waals surface area contributed by atoms with Gasteiger partial charge in [-0.3, -0.25) is 0 Å². The van der Waals surface area contributed by atoms with Crippen molar-refractivity contribution in [2.45, 2.75) is 39.2 Å². The number of halogens is 1. The molecular formula is C15H22ClNO2. The number of phenolic OH excluding ortho intramolecular Hbond substituents is 1. The maximum Gasteiger partial charge on any atom is 0.162 e. The molecule has 1 aromatic rings. The zero-order chi connectivity index (χ0) is 13.9. The van der Waals surface area contributed by atoms with Gasteiger partial charge in [-0.25, -0.2) is 0 Å². The zero-order valence-corrected chi connectivity index (χ0v) is 12.4. The Hall–Kier alpha value is -0.930. The molecule has 0 spiro atoms. The van der Waals surface area contributed by atoms with Crippen molar-refractivity contribution in [1.29, 1.82) is 0 Å². The average Bonchev–Trinajstić information content (AvgIpc) is 2.80. The maximum atomic E-state index is 10.0. The fraction of sp³-hybridized carbons (Fsp3) is 0.600. The Morgan fingerprint density at radius 2 is 2.05 bits per heavy atom. The highest BCUT2D eigenvalue weighted by Crippen LogP contribution is 2.37. The first-order valence-electron chi connectivity index (χ1n) is 6.80. The molecule has 1 saturated carbocycles. The van der Waals surface area contributed by atoms with Gasteiger partial charge in [0.2, 0.25) is 0 Å². The third-order valence-corrected chi connectivity index (χ3v) is 4.23. The Kier molecular flexibility index (Phi) is 4.58. The molecule has 3 nitrogen and oxygen atoms in total. The molecular weight excluding hydrogens is 262 g/mol. The average molecular weight is 284 g/mol. The maximum absolute atomic E-state index is 10.0. The van der Waals surface area contributed by atoms with Crippen molar-refractivity contribution in [1.82, 2.24) is 5.32 Å². The number of aromatic hydroxyl groups is 1. The summed E-state index contributed by atoms with van der Waals surface area (Å²) < 4.78 is 5.10. The molecule has 0 radical (unpaired) electrons. The van der Waals surface area contributed by atoms with Crippen molar-refractivity contribution >= 4 is 11.6 Å². The molecule has 1 aliphatic rings. The minimum Gasteiger partial charge on any atom is -0.504 e. The molecule has 1 fully saturated rings. The van der Waals surface area contributed by atoms with E-state index in [1.165, 1.54) is 32.8 Å². The topological polar surface area (TPSA) is 41.5 Å². The monoisotopic (exact) mass is 283 g/mol. The van der Waals surface area contributed by atoms with Gasteiger partial charge in [0, 0.05) is 29.7 Å². The molecule has 2 N–H and O–H groups in total. The van der Waals surface area contributed by atoms with Gasteiger partial charge in [0.1, 0.15) is 0 Å². The van der Waals surface area contributed by atoms with Crippen molar-refractivity contribution < 1.29 is 9.84 Å². The lowest BCUT2D eigenvalue weighted by Gasteiger charge is -2.24. The molecule has 0 atom stereocenters. The summed E-state index contributed by atoms with van der Waals surface area (Å²) in [5.74, 6) is 0.604. The van der Waals surface area contributed by atoms with Crippen LogP contribution in [0.2, 0.25) is 5.02 Å². The van der Waals surface area contributed by atoms with Crippen LogP contribution in [0.3, 0.4) is 0 Å². The number of methoxy groups -OCH3 is 1. The van der Waals surface area contributed by atoms with Crippen LogP contribution in [0.5, 0.6) is 11.5 Å². The molecule has 0 saturated heterocycles. The quantitative estimate of drug-likeness (QED) is 0.865. The van der Waals surface area contributed by atoms with E-state index in [-0.39, 0.29) is 5.75 Å². The predicted octanol–water partition coefficient (Wildman–Crippen LogP) is 3.72. The Morgan fingerprint density at radius 3 is 2.68 bits per heavy atom. The van der Waals surface area contributed by atoms with Crippen LogP contribution in [0, 0.1) is 5.41 Å². The third-order valence-electron chi connectivity index (χ3n) is 4.02. The molecule has 0 unspecified atom stereocenters. The Morgan fingerprint density at radius 1 is 1.37 bits per heavy atom. The van der Waals surface area contributed by atoms with Crippen LogP contribution in [0.25, 0.3) is 0 Å². The largest absolute Gasteiger partial charge is 0.504 e. The summed E-state index contributed by atoms with van der Waals surface area (Å²) in [5, 5.41) is 14.1. The lowest BCUT2D eigenvalue weighted by Crippen LogP contribution is -2.29. The lowest BCUT2D eigenvalue weighted by atomic mass is 9.89. The van der Waals surface area contributed by atoms with Gasteiger partial charge < -0.3 is 15.2 Å². The first kappa shape index (κ1) is 14.5. The molecule has 1 aromatic carbocycles. The van der Waals surface area contributed by atoms with Crippen LogP contribution >= 0.6 is 11.6 Å². The number of benzene rings is 1. The van der Waals surface area contributed by atoms with E-state index in [1.54, 1.807) is 12.1 Å². The highest BCUT2D eigenvalue weighted by molar-refractivity contribution is 6.30. The second-order valence-electron chi connectivity index (χ2n) is 5.74. The zero-order valence-electron chi connectivity index (χ0n) is 11.6. The molecule has 0 heterocycles. The van der Waals surface area contributed by atoms with Crippen LogP contribution in [0.1, 0.15) is 38.2 Å². The van der Waals surface area contributed by atoms with Gasteiger partial charge in [0.25, 0.3) is 0 Å². The van der Waals surface area contributed by atoms with E-state index in [0.717, 1.165) is 12.1 Å². The summed E-state index contributed by atoms with van der Waals surface area (Å²) in [4.78, 5) is 0. The van der Waals surface area contributed by atoms with E-state index in [9.17, 15) is 5.11 Å². The summed E-state index contributed by atoms with van der Waals surface area (Å²) >= 11 is 6.02. The van der Waals surface area contributed by atoms with Crippen molar-refractivity contribution in [2.75, 3.05) is 13.7 Å². The number of ether oxygens (including phenoxy) is 1. The molecule has 0 bridgehead atoms. The van der Waals surface area contributed by atoms with Crippen LogP contribution in [0.15, 0.2) is 12.1 Å². The van der Waals surface area contributed by atoms with Crippen LogP contribution in [0.4, 0.5) is 0 Å². The summed E-state index contributed by atoms with van der Waals surface area (Å²) in [5.41, 5.74) is 1.18. The Balaban J connectivity index is 1.97. The minimum absolute atomic E-state index is 0.177. The van der Waals surface area contributed by atoms with Gasteiger partial charge in [-0.05, 0) is 24.3 Å². The molecule has 106 valence electrons. The minimum atomic E-state index is 0.177. The normalized spacial score (nSPS) is 17.6. The molecule has 1 aliphatic carbocycles. The lowest BCUT2D eigenvalue weighted by molar-refractivity contribution is 0.312. The number of rotatable bonds is 5. The summed E-state index contributed by atoms with van der Waals surface area (Å²) in [6.45, 7) is 3.91. The Labute approximate surface area is 119 Å². The summed E-state index contributed by atoms with van der Waals surface area (Å²) in [6.07, 6.45) is 5.22. The standard InChI is InChI=1S/C15H22ClNO2/c1-15(5-3-4-6-15)10-17-9-11-7-12(16)8-13(19-2)14(11)18/h7-8,17-18H,3-6,9-10H2,1-2H3. The van der Waals surface area contributed by atoms with Crippen molar-refractivity contribution in [2.24, 2.45) is 5.41 Å². The fourth-order valence-corrected chi connectivity index (χ4v) is 3.05. The van der Waals surface area contributed by atoms with Gasteiger partial charge in [-0.15, -0.1) is 0 Å². The summed E-state index contributed by atoms with van der Waals surface area (Å²) in [7, 11) is 1.53. The van der Waals surface area contributed by atoms with Crippen molar-refractivity contribution in [3.8, 4) is 11.5 Å². The SMILES string of the molecule is COc1cc(Cl)cc(CNCC2(C)CCCC2)c1O. The van der Waals surface area contributed by atoms with E-state index in [1.807, 2.05) is 0 Å². The summed E-state index contributed by atoms with van der Waals surface area (Å²) in [6, 6.07) is 3.40. The van der Waals surface area contributed by atoms with E-state index >= 15 is 0 Å². The Bertz CT molecular complexity index is 442. The first-order valence-corrected chi connectivity index (χ1v) is 7.18. The second-order valence-corrected chi connectivity index (χ2v) is 6.17.